The SMILES string of the molecule is CC#CC(N)OC1=CC=C(c2cccc(-c3cccc(Oc4cccc(-c5cccc(-c6ccc(C7CC7)c(C7=C(C)NCC=C7)c6)c5)c4)c3)c2)CCC1C/C=C\C. The van der Waals surface area contributed by atoms with Crippen molar-refractivity contribution in [3.63, 3.8) is 0 Å². The van der Waals surface area contributed by atoms with E-state index in [9.17, 15) is 0 Å². The van der Waals surface area contributed by atoms with Crippen molar-refractivity contribution in [3.8, 4) is 56.7 Å². The lowest BCUT2D eigenvalue weighted by Crippen LogP contribution is -2.23. The summed E-state index contributed by atoms with van der Waals surface area (Å²) >= 11 is 0. The van der Waals surface area contributed by atoms with Crippen LogP contribution in [0.25, 0.3) is 44.5 Å². The number of ether oxygens (including phenoxy) is 2. The summed E-state index contributed by atoms with van der Waals surface area (Å²) in [5.41, 5.74) is 21.0. The van der Waals surface area contributed by atoms with Gasteiger partial charge in [-0.3, -0.25) is 5.73 Å². The quantitative estimate of drug-likeness (QED) is 0.0755. The lowest BCUT2D eigenvalue weighted by molar-refractivity contribution is 0.136. The molecule has 0 aromatic heterocycles. The highest BCUT2D eigenvalue weighted by Gasteiger charge is 2.28. The predicted octanol–water partition coefficient (Wildman–Crippen LogP) is 13.2. The molecule has 8 rings (SSSR count). The summed E-state index contributed by atoms with van der Waals surface area (Å²) in [5, 5.41) is 3.54. The van der Waals surface area contributed by atoms with Gasteiger partial charge in [0.25, 0.3) is 0 Å². The number of allylic oxidation sites excluding steroid dienone is 9. The molecule has 0 bridgehead atoms. The van der Waals surface area contributed by atoms with Crippen LogP contribution in [-0.2, 0) is 4.74 Å². The van der Waals surface area contributed by atoms with Gasteiger partial charge in [0.15, 0.2) is 0 Å². The predicted molar refractivity (Wildman–Crippen MR) is 242 cm³/mol. The largest absolute Gasteiger partial charge is 0.468 e. The molecule has 0 saturated heterocycles. The van der Waals surface area contributed by atoms with Gasteiger partial charge in [0, 0.05) is 23.7 Å². The van der Waals surface area contributed by atoms with Gasteiger partial charge in [0.05, 0.1) is 0 Å². The van der Waals surface area contributed by atoms with Crippen molar-refractivity contribution in [2.75, 3.05) is 6.54 Å². The van der Waals surface area contributed by atoms with Crippen molar-refractivity contribution in [2.24, 2.45) is 11.7 Å². The second-order valence-corrected chi connectivity index (χ2v) is 15.5. The van der Waals surface area contributed by atoms with E-state index in [0.717, 1.165) is 65.3 Å². The van der Waals surface area contributed by atoms with Crippen LogP contribution in [-0.4, -0.2) is 12.8 Å². The van der Waals surface area contributed by atoms with E-state index >= 15 is 0 Å². The first kappa shape index (κ1) is 38.6. The Balaban J connectivity index is 1.01. The van der Waals surface area contributed by atoms with Gasteiger partial charge in [-0.25, -0.2) is 0 Å². The fourth-order valence-corrected chi connectivity index (χ4v) is 8.11. The average molecular weight is 761 g/mol. The third kappa shape index (κ3) is 9.13. The number of dihydropyridines is 1. The maximum atomic E-state index is 6.54. The third-order valence-corrected chi connectivity index (χ3v) is 11.4. The highest BCUT2D eigenvalue weighted by molar-refractivity contribution is 5.83. The highest BCUT2D eigenvalue weighted by Crippen LogP contribution is 2.45. The van der Waals surface area contributed by atoms with Crippen molar-refractivity contribution in [3.05, 3.63) is 180 Å². The van der Waals surface area contributed by atoms with E-state index in [4.69, 9.17) is 15.2 Å². The van der Waals surface area contributed by atoms with Gasteiger partial charge in [-0.05, 0) is 169 Å². The normalized spacial score (nSPS) is 17.1. The molecule has 58 heavy (non-hydrogen) atoms. The van der Waals surface area contributed by atoms with Crippen LogP contribution < -0.4 is 15.8 Å². The van der Waals surface area contributed by atoms with Crippen molar-refractivity contribution < 1.29 is 9.47 Å². The molecule has 4 nitrogen and oxygen atoms in total. The molecular weight excluding hydrogens is 709 g/mol. The zero-order valence-corrected chi connectivity index (χ0v) is 33.8. The van der Waals surface area contributed by atoms with Crippen LogP contribution in [0.4, 0.5) is 0 Å². The average Bonchev–Trinajstić information content (AvgIpc) is 4.12. The number of benzene rings is 5. The zero-order chi connectivity index (χ0) is 39.8. The fraction of sp³-hybridized carbons (Fsp3) is 0.222. The second kappa shape index (κ2) is 17.9. The summed E-state index contributed by atoms with van der Waals surface area (Å²) < 4.78 is 12.7. The molecule has 2 unspecified atom stereocenters. The topological polar surface area (TPSA) is 56.5 Å². The van der Waals surface area contributed by atoms with E-state index in [1.54, 1.807) is 6.92 Å². The molecule has 1 heterocycles. The van der Waals surface area contributed by atoms with Gasteiger partial charge in [0.2, 0.25) is 6.23 Å². The Morgan fingerprint density at radius 1 is 0.759 bits per heavy atom. The van der Waals surface area contributed by atoms with Crippen LogP contribution >= 0.6 is 0 Å². The summed E-state index contributed by atoms with van der Waals surface area (Å²) in [6, 6.07) is 41.4. The monoisotopic (exact) mass is 760 g/mol. The Morgan fingerprint density at radius 3 is 2.02 bits per heavy atom. The number of nitrogens with one attached hydrogen (secondary N) is 1. The molecule has 3 N–H and O–H groups in total. The summed E-state index contributed by atoms with van der Waals surface area (Å²) in [5.74, 6) is 9.20. The minimum absolute atomic E-state index is 0.246. The first-order chi connectivity index (χ1) is 28.4. The van der Waals surface area contributed by atoms with Gasteiger partial charge < -0.3 is 14.8 Å². The Bertz CT molecular complexity index is 2520. The van der Waals surface area contributed by atoms with Gasteiger partial charge in [0.1, 0.15) is 17.3 Å². The zero-order valence-electron chi connectivity index (χ0n) is 33.8. The molecule has 5 aromatic rings. The first-order valence-corrected chi connectivity index (χ1v) is 20.7. The molecule has 2 atom stereocenters. The van der Waals surface area contributed by atoms with E-state index in [1.807, 2.05) is 12.1 Å². The molecule has 290 valence electrons. The number of rotatable bonds is 12. The Labute approximate surface area is 344 Å². The summed E-state index contributed by atoms with van der Waals surface area (Å²) in [6.07, 6.45) is 17.8. The lowest BCUT2D eigenvalue weighted by atomic mass is 9.90. The van der Waals surface area contributed by atoms with Crippen LogP contribution in [0.15, 0.2) is 163 Å². The van der Waals surface area contributed by atoms with Crippen LogP contribution in [0.5, 0.6) is 11.5 Å². The Morgan fingerprint density at radius 2 is 1.38 bits per heavy atom. The molecule has 0 radical (unpaired) electrons. The van der Waals surface area contributed by atoms with Crippen molar-refractivity contribution in [1.82, 2.24) is 5.32 Å². The molecule has 2 aliphatic carbocycles. The minimum Gasteiger partial charge on any atom is -0.468 e. The number of hydrogen-bond donors (Lipinski definition) is 2. The van der Waals surface area contributed by atoms with Crippen molar-refractivity contribution in [1.29, 1.82) is 0 Å². The minimum atomic E-state index is -0.635. The molecule has 4 heteroatoms. The van der Waals surface area contributed by atoms with Crippen LogP contribution in [0, 0.1) is 17.8 Å². The van der Waals surface area contributed by atoms with E-state index < -0.39 is 6.23 Å². The molecule has 0 amide bonds. The van der Waals surface area contributed by atoms with E-state index in [0.29, 0.717) is 5.92 Å². The smallest absolute Gasteiger partial charge is 0.210 e. The maximum absolute atomic E-state index is 6.54. The van der Waals surface area contributed by atoms with Gasteiger partial charge >= 0.3 is 0 Å². The maximum Gasteiger partial charge on any atom is 0.210 e. The molecule has 1 aliphatic heterocycles. The van der Waals surface area contributed by atoms with E-state index in [-0.39, 0.29) is 5.92 Å². The summed E-state index contributed by atoms with van der Waals surface area (Å²) in [7, 11) is 0. The molecule has 0 spiro atoms. The van der Waals surface area contributed by atoms with E-state index in [2.05, 4.69) is 171 Å². The fourth-order valence-electron chi connectivity index (χ4n) is 8.11. The molecule has 1 saturated carbocycles. The Kier molecular flexibility index (Phi) is 11.9. The molecule has 3 aliphatic rings. The molecule has 1 fully saturated rings. The standard InChI is InChI=1S/C54H52N2O2/c1-4-6-13-40-26-23-38(28-30-53(40)58-54(55)12-5-2)41-14-7-15-42(32-41)45-18-9-20-48(34-45)57-49-21-10-19-46(35-49)43-16-8-17-44(33-43)47-27-29-51(39-24-25-39)52(36-47)50-22-11-31-56-37(50)3/h4,6-11,14-22,27-30,32-36,39-40,54,56H,13,23-26,31,55H2,1-3H3/b6-4-. The Hall–Kier alpha value is -6.28. The van der Waals surface area contributed by atoms with Gasteiger partial charge in [-0.2, -0.15) is 0 Å². The first-order valence-electron chi connectivity index (χ1n) is 20.7. The van der Waals surface area contributed by atoms with E-state index in [1.165, 1.54) is 57.5 Å². The van der Waals surface area contributed by atoms with Gasteiger partial charge in [-0.1, -0.05) is 103 Å². The number of hydrogen-bond acceptors (Lipinski definition) is 4. The third-order valence-electron chi connectivity index (χ3n) is 11.4. The molecule has 5 aromatic carbocycles. The van der Waals surface area contributed by atoms with Crippen LogP contribution in [0.2, 0.25) is 0 Å². The van der Waals surface area contributed by atoms with Gasteiger partial charge in [-0.15, -0.1) is 5.92 Å². The number of nitrogens with two attached hydrogens (primary N) is 1. The summed E-state index contributed by atoms with van der Waals surface area (Å²) in [4.78, 5) is 0. The second-order valence-electron chi connectivity index (χ2n) is 15.5. The highest BCUT2D eigenvalue weighted by atomic mass is 16.5. The lowest BCUT2D eigenvalue weighted by Gasteiger charge is -2.20. The van der Waals surface area contributed by atoms with Crippen molar-refractivity contribution in [2.45, 2.75) is 65.0 Å². The molecular formula is C54H52N2O2. The van der Waals surface area contributed by atoms with Crippen LogP contribution in [0.3, 0.4) is 0 Å². The summed E-state index contributed by atoms with van der Waals surface area (Å²) in [6.45, 7) is 6.91. The van der Waals surface area contributed by atoms with Crippen LogP contribution in [0.1, 0.15) is 75.5 Å². The van der Waals surface area contributed by atoms with Crippen molar-refractivity contribution >= 4 is 11.1 Å².